The number of aliphatic hydroxyl groups excluding tert-OH is 1. The fourth-order valence-electron chi connectivity index (χ4n) is 1.73. The number of aliphatic hydroxyl groups is 1. The third-order valence-electron chi connectivity index (χ3n) is 2.99. The van der Waals surface area contributed by atoms with Gasteiger partial charge < -0.3 is 15.2 Å². The Morgan fingerprint density at radius 1 is 1.50 bits per heavy atom. The summed E-state index contributed by atoms with van der Waals surface area (Å²) in [7, 11) is 0. The summed E-state index contributed by atoms with van der Waals surface area (Å²) in [6.07, 6.45) is 2.90. The van der Waals surface area contributed by atoms with Gasteiger partial charge in [0.25, 0.3) is 0 Å². The largest absolute Gasteiger partial charge is 0.492 e. The molecule has 1 aliphatic rings. The molecule has 0 bridgehead atoms. The summed E-state index contributed by atoms with van der Waals surface area (Å²) in [6, 6.07) is 6.78. The van der Waals surface area contributed by atoms with E-state index in [1.165, 1.54) is 18.4 Å². The quantitative estimate of drug-likeness (QED) is 0.813. The van der Waals surface area contributed by atoms with Gasteiger partial charge in [-0.05, 0) is 41.8 Å². The molecule has 0 heterocycles. The van der Waals surface area contributed by atoms with Crippen molar-refractivity contribution >= 4 is 15.9 Å². The number of hydrogen-bond acceptors (Lipinski definition) is 3. The normalized spacial score (nSPS) is 16.6. The van der Waals surface area contributed by atoms with E-state index in [0.717, 1.165) is 16.8 Å². The van der Waals surface area contributed by atoms with Crippen LogP contribution in [0.5, 0.6) is 5.75 Å². The Bertz CT molecular complexity index is 391. The molecule has 1 aliphatic carbocycles. The Balaban J connectivity index is 1.95. The van der Waals surface area contributed by atoms with E-state index in [0.29, 0.717) is 19.1 Å². The van der Waals surface area contributed by atoms with Crippen LogP contribution in [-0.2, 0) is 6.54 Å². The van der Waals surface area contributed by atoms with E-state index in [-0.39, 0.29) is 6.10 Å². The fraction of sp³-hybridized carbons (Fsp3) is 0.571. The molecule has 0 spiro atoms. The van der Waals surface area contributed by atoms with Crippen LogP contribution in [0.3, 0.4) is 0 Å². The van der Waals surface area contributed by atoms with Crippen molar-refractivity contribution in [2.45, 2.75) is 44.9 Å². The highest BCUT2D eigenvalue weighted by molar-refractivity contribution is 9.10. The van der Waals surface area contributed by atoms with Gasteiger partial charge in [0.15, 0.2) is 0 Å². The lowest BCUT2D eigenvalue weighted by Crippen LogP contribution is -2.16. The first-order valence-electron chi connectivity index (χ1n) is 6.48. The summed E-state index contributed by atoms with van der Waals surface area (Å²) in [6.45, 7) is 3.16. The maximum absolute atomic E-state index is 9.25. The molecule has 0 saturated heterocycles. The summed E-state index contributed by atoms with van der Waals surface area (Å²) in [5, 5.41) is 12.7. The zero-order valence-electron chi connectivity index (χ0n) is 10.7. The zero-order valence-corrected chi connectivity index (χ0v) is 12.2. The topological polar surface area (TPSA) is 41.5 Å². The molecule has 0 aromatic heterocycles. The molecule has 3 nitrogen and oxygen atoms in total. The van der Waals surface area contributed by atoms with E-state index in [1.54, 1.807) is 6.92 Å². The van der Waals surface area contributed by atoms with Crippen LogP contribution >= 0.6 is 15.9 Å². The molecule has 0 aliphatic heterocycles. The highest BCUT2D eigenvalue weighted by Crippen LogP contribution is 2.30. The van der Waals surface area contributed by atoms with Crippen LogP contribution in [0.1, 0.15) is 31.7 Å². The summed E-state index contributed by atoms with van der Waals surface area (Å²) >= 11 is 3.52. The maximum Gasteiger partial charge on any atom is 0.137 e. The van der Waals surface area contributed by atoms with Gasteiger partial charge in [-0.3, -0.25) is 0 Å². The minimum absolute atomic E-state index is 0.319. The summed E-state index contributed by atoms with van der Waals surface area (Å²) in [4.78, 5) is 0. The first kappa shape index (κ1) is 13.8. The van der Waals surface area contributed by atoms with E-state index in [9.17, 15) is 5.11 Å². The van der Waals surface area contributed by atoms with Gasteiger partial charge in [0.1, 0.15) is 5.75 Å². The predicted molar refractivity (Wildman–Crippen MR) is 75.8 cm³/mol. The Morgan fingerprint density at radius 2 is 2.28 bits per heavy atom. The molecular weight excluding hydrogens is 294 g/mol. The van der Waals surface area contributed by atoms with Gasteiger partial charge in [0, 0.05) is 24.6 Å². The monoisotopic (exact) mass is 313 g/mol. The third kappa shape index (κ3) is 4.26. The Morgan fingerprint density at radius 3 is 2.94 bits per heavy atom. The Kier molecular flexibility index (Phi) is 5.03. The number of para-hydroxylation sites is 1. The molecule has 100 valence electrons. The Labute approximate surface area is 117 Å². The molecule has 1 aromatic carbocycles. The molecule has 1 fully saturated rings. The summed E-state index contributed by atoms with van der Waals surface area (Å²) in [5.41, 5.74) is 1.17. The van der Waals surface area contributed by atoms with E-state index in [2.05, 4.69) is 27.3 Å². The minimum atomic E-state index is -0.319. The molecular formula is C14H20BrNO2. The van der Waals surface area contributed by atoms with Gasteiger partial charge >= 0.3 is 0 Å². The highest BCUT2D eigenvalue weighted by Gasteiger charge is 2.21. The van der Waals surface area contributed by atoms with Crippen molar-refractivity contribution in [2.75, 3.05) is 6.61 Å². The number of hydrogen-bond donors (Lipinski definition) is 2. The Hall–Kier alpha value is -0.580. The first-order valence-corrected chi connectivity index (χ1v) is 7.27. The molecule has 1 aromatic rings. The van der Waals surface area contributed by atoms with Crippen molar-refractivity contribution in [1.82, 2.24) is 5.32 Å². The predicted octanol–water partition coefficient (Wildman–Crippen LogP) is 2.85. The minimum Gasteiger partial charge on any atom is -0.492 e. The molecule has 2 rings (SSSR count). The van der Waals surface area contributed by atoms with Crippen LogP contribution in [0.2, 0.25) is 0 Å². The lowest BCUT2D eigenvalue weighted by Gasteiger charge is -2.14. The van der Waals surface area contributed by atoms with Gasteiger partial charge in [0.2, 0.25) is 0 Å². The van der Waals surface area contributed by atoms with Crippen LogP contribution in [0.15, 0.2) is 22.7 Å². The number of halogens is 1. The van der Waals surface area contributed by atoms with Gasteiger partial charge in [-0.15, -0.1) is 0 Å². The van der Waals surface area contributed by atoms with Crippen LogP contribution in [-0.4, -0.2) is 23.9 Å². The summed E-state index contributed by atoms with van der Waals surface area (Å²) in [5.74, 6) is 0.895. The van der Waals surface area contributed by atoms with Gasteiger partial charge in [0.05, 0.1) is 17.2 Å². The highest BCUT2D eigenvalue weighted by atomic mass is 79.9. The number of benzene rings is 1. The van der Waals surface area contributed by atoms with E-state index < -0.39 is 0 Å². The van der Waals surface area contributed by atoms with Gasteiger partial charge in [-0.2, -0.15) is 0 Å². The number of rotatable bonds is 7. The average Bonchev–Trinajstić information content (AvgIpc) is 3.12. The molecule has 1 unspecified atom stereocenters. The fourth-order valence-corrected chi connectivity index (χ4v) is 2.25. The second-order valence-corrected chi connectivity index (χ2v) is 5.72. The SMILES string of the molecule is CC(O)CCOc1c(Br)cccc1CNC1CC1. The molecule has 1 atom stereocenters. The van der Waals surface area contributed by atoms with Gasteiger partial charge in [-0.25, -0.2) is 0 Å². The van der Waals surface area contributed by atoms with E-state index in [4.69, 9.17) is 4.74 Å². The van der Waals surface area contributed by atoms with Crippen LogP contribution in [0.4, 0.5) is 0 Å². The lowest BCUT2D eigenvalue weighted by atomic mass is 10.2. The van der Waals surface area contributed by atoms with Crippen molar-refractivity contribution in [3.05, 3.63) is 28.2 Å². The first-order chi connectivity index (χ1) is 8.66. The molecule has 2 N–H and O–H groups in total. The van der Waals surface area contributed by atoms with Crippen LogP contribution < -0.4 is 10.1 Å². The molecule has 4 heteroatoms. The molecule has 0 radical (unpaired) electrons. The maximum atomic E-state index is 9.25. The van der Waals surface area contributed by atoms with Crippen molar-refractivity contribution in [3.63, 3.8) is 0 Å². The molecule has 1 saturated carbocycles. The molecule has 0 amide bonds. The van der Waals surface area contributed by atoms with Crippen LogP contribution in [0, 0.1) is 0 Å². The lowest BCUT2D eigenvalue weighted by molar-refractivity contribution is 0.155. The van der Waals surface area contributed by atoms with Crippen molar-refractivity contribution in [2.24, 2.45) is 0 Å². The van der Waals surface area contributed by atoms with E-state index >= 15 is 0 Å². The molecule has 18 heavy (non-hydrogen) atoms. The zero-order chi connectivity index (χ0) is 13.0. The number of ether oxygens (including phenoxy) is 1. The second kappa shape index (κ2) is 6.55. The van der Waals surface area contributed by atoms with Gasteiger partial charge in [-0.1, -0.05) is 12.1 Å². The standard InChI is InChI=1S/C14H20BrNO2/c1-10(17)7-8-18-14-11(3-2-4-13(14)15)9-16-12-5-6-12/h2-4,10,12,16-17H,5-9H2,1H3. The van der Waals surface area contributed by atoms with Crippen molar-refractivity contribution in [3.8, 4) is 5.75 Å². The average molecular weight is 314 g/mol. The number of nitrogens with one attached hydrogen (secondary N) is 1. The summed E-state index contributed by atoms with van der Waals surface area (Å²) < 4.78 is 6.76. The van der Waals surface area contributed by atoms with Crippen molar-refractivity contribution in [1.29, 1.82) is 0 Å². The van der Waals surface area contributed by atoms with Crippen molar-refractivity contribution < 1.29 is 9.84 Å². The van der Waals surface area contributed by atoms with Crippen LogP contribution in [0.25, 0.3) is 0 Å². The third-order valence-corrected chi connectivity index (χ3v) is 3.61. The second-order valence-electron chi connectivity index (χ2n) is 4.87. The smallest absolute Gasteiger partial charge is 0.137 e. The van der Waals surface area contributed by atoms with E-state index in [1.807, 2.05) is 12.1 Å².